The number of ether oxygens (including phenoxy) is 3. The van der Waals surface area contributed by atoms with Gasteiger partial charge >= 0.3 is 0 Å². The molecule has 0 saturated carbocycles. The largest absolute Gasteiger partial charge is 0.497 e. The maximum Gasteiger partial charge on any atom is 0.255 e. The molecule has 28 heavy (non-hydrogen) atoms. The molecule has 0 heterocycles. The SMILES string of the molecule is COc1ccc(C(=O)Nc2ccc(Nc3cc(OC)ccc3OC)cc2)cc1. The number of nitrogens with one attached hydrogen (secondary N) is 2. The molecule has 0 unspecified atom stereocenters. The number of hydrogen-bond donors (Lipinski definition) is 2. The molecule has 0 aliphatic rings. The quantitative estimate of drug-likeness (QED) is 0.623. The average Bonchev–Trinajstić information content (AvgIpc) is 2.75. The molecule has 0 fully saturated rings. The highest BCUT2D eigenvalue weighted by atomic mass is 16.5. The molecule has 6 nitrogen and oxygen atoms in total. The van der Waals surface area contributed by atoms with E-state index in [0.717, 1.165) is 17.1 Å². The average molecular weight is 378 g/mol. The van der Waals surface area contributed by atoms with E-state index in [2.05, 4.69) is 10.6 Å². The Hall–Kier alpha value is -3.67. The van der Waals surface area contributed by atoms with Gasteiger partial charge in [0.25, 0.3) is 5.91 Å². The Bertz CT molecular complexity index is 938. The van der Waals surface area contributed by atoms with Gasteiger partial charge in [0.15, 0.2) is 0 Å². The summed E-state index contributed by atoms with van der Waals surface area (Å²) in [5, 5.41) is 6.17. The second kappa shape index (κ2) is 8.81. The summed E-state index contributed by atoms with van der Waals surface area (Å²) in [4.78, 5) is 12.3. The molecular formula is C22H22N2O4. The minimum Gasteiger partial charge on any atom is -0.497 e. The molecule has 0 atom stereocenters. The first-order valence-electron chi connectivity index (χ1n) is 8.67. The third-order valence-corrected chi connectivity index (χ3v) is 4.18. The van der Waals surface area contributed by atoms with Crippen molar-refractivity contribution in [3.8, 4) is 17.2 Å². The smallest absolute Gasteiger partial charge is 0.255 e. The fraction of sp³-hybridized carbons (Fsp3) is 0.136. The van der Waals surface area contributed by atoms with Crippen LogP contribution in [0.25, 0.3) is 0 Å². The fourth-order valence-electron chi connectivity index (χ4n) is 2.65. The predicted molar refractivity (Wildman–Crippen MR) is 110 cm³/mol. The van der Waals surface area contributed by atoms with E-state index in [1.54, 1.807) is 45.6 Å². The Labute approximate surface area is 164 Å². The summed E-state index contributed by atoms with van der Waals surface area (Å²) < 4.78 is 15.7. The molecule has 3 rings (SSSR count). The van der Waals surface area contributed by atoms with Gasteiger partial charge in [-0.3, -0.25) is 4.79 Å². The molecular weight excluding hydrogens is 356 g/mol. The molecule has 0 aliphatic heterocycles. The lowest BCUT2D eigenvalue weighted by molar-refractivity contribution is 0.102. The second-order valence-electron chi connectivity index (χ2n) is 5.95. The van der Waals surface area contributed by atoms with Crippen LogP contribution in [-0.2, 0) is 0 Å². The molecule has 1 amide bonds. The third kappa shape index (κ3) is 4.54. The van der Waals surface area contributed by atoms with Crippen LogP contribution in [0.4, 0.5) is 17.1 Å². The van der Waals surface area contributed by atoms with Crippen LogP contribution in [0.5, 0.6) is 17.2 Å². The van der Waals surface area contributed by atoms with E-state index in [4.69, 9.17) is 14.2 Å². The highest BCUT2D eigenvalue weighted by Gasteiger charge is 2.08. The minimum atomic E-state index is -0.183. The highest BCUT2D eigenvalue weighted by Crippen LogP contribution is 2.31. The van der Waals surface area contributed by atoms with Crippen LogP contribution < -0.4 is 24.8 Å². The monoisotopic (exact) mass is 378 g/mol. The lowest BCUT2D eigenvalue weighted by Crippen LogP contribution is -2.11. The summed E-state index contributed by atoms with van der Waals surface area (Å²) in [5.74, 6) is 1.96. The van der Waals surface area contributed by atoms with Crippen LogP contribution in [0.1, 0.15) is 10.4 Å². The van der Waals surface area contributed by atoms with Crippen molar-refractivity contribution in [2.24, 2.45) is 0 Å². The first kappa shape index (κ1) is 19.1. The Balaban J connectivity index is 1.69. The zero-order chi connectivity index (χ0) is 19.9. The number of carbonyl (C=O) groups is 1. The van der Waals surface area contributed by atoms with E-state index in [0.29, 0.717) is 22.7 Å². The number of anilines is 3. The number of rotatable bonds is 7. The van der Waals surface area contributed by atoms with Crippen LogP contribution in [0.15, 0.2) is 66.7 Å². The molecule has 6 heteroatoms. The van der Waals surface area contributed by atoms with Gasteiger partial charge in [0.1, 0.15) is 17.2 Å². The Morgan fingerprint density at radius 1 is 0.714 bits per heavy atom. The first-order valence-corrected chi connectivity index (χ1v) is 8.67. The Kier molecular flexibility index (Phi) is 6.01. The minimum absolute atomic E-state index is 0.183. The van der Waals surface area contributed by atoms with Gasteiger partial charge in [-0.2, -0.15) is 0 Å². The van der Waals surface area contributed by atoms with Crippen LogP contribution in [0.2, 0.25) is 0 Å². The van der Waals surface area contributed by atoms with E-state index in [1.165, 1.54) is 0 Å². The van der Waals surface area contributed by atoms with Gasteiger partial charge in [0.05, 0.1) is 27.0 Å². The molecule has 0 spiro atoms. The van der Waals surface area contributed by atoms with Gasteiger partial charge in [0, 0.05) is 23.0 Å². The molecule has 0 bridgehead atoms. The van der Waals surface area contributed by atoms with E-state index < -0.39 is 0 Å². The molecule has 144 valence electrons. The van der Waals surface area contributed by atoms with Crippen molar-refractivity contribution in [3.63, 3.8) is 0 Å². The number of benzene rings is 3. The highest BCUT2D eigenvalue weighted by molar-refractivity contribution is 6.04. The molecule has 2 N–H and O–H groups in total. The Morgan fingerprint density at radius 3 is 1.93 bits per heavy atom. The number of amides is 1. The van der Waals surface area contributed by atoms with E-state index >= 15 is 0 Å². The van der Waals surface area contributed by atoms with Crippen molar-refractivity contribution in [3.05, 3.63) is 72.3 Å². The molecule has 0 aliphatic carbocycles. The number of hydrogen-bond acceptors (Lipinski definition) is 5. The van der Waals surface area contributed by atoms with E-state index in [1.807, 2.05) is 42.5 Å². The van der Waals surface area contributed by atoms with E-state index in [9.17, 15) is 4.79 Å². The standard InChI is InChI=1S/C22H22N2O4/c1-26-18-10-4-15(5-11-18)22(25)24-17-8-6-16(7-9-17)23-20-14-19(27-2)12-13-21(20)28-3/h4-14,23H,1-3H3,(H,24,25). The summed E-state index contributed by atoms with van der Waals surface area (Å²) in [6.07, 6.45) is 0. The van der Waals surface area contributed by atoms with Gasteiger partial charge in [-0.05, 0) is 60.7 Å². The van der Waals surface area contributed by atoms with Gasteiger partial charge < -0.3 is 24.8 Å². The van der Waals surface area contributed by atoms with Crippen molar-refractivity contribution in [2.45, 2.75) is 0 Å². The van der Waals surface area contributed by atoms with Crippen molar-refractivity contribution >= 4 is 23.0 Å². The molecule has 3 aromatic carbocycles. The molecule has 3 aromatic rings. The third-order valence-electron chi connectivity index (χ3n) is 4.18. The summed E-state index contributed by atoms with van der Waals surface area (Å²) in [6.45, 7) is 0. The fourth-order valence-corrected chi connectivity index (χ4v) is 2.65. The molecule has 0 saturated heterocycles. The second-order valence-corrected chi connectivity index (χ2v) is 5.95. The van der Waals surface area contributed by atoms with E-state index in [-0.39, 0.29) is 5.91 Å². The lowest BCUT2D eigenvalue weighted by Gasteiger charge is -2.13. The maximum atomic E-state index is 12.3. The topological polar surface area (TPSA) is 68.8 Å². The number of carbonyl (C=O) groups excluding carboxylic acids is 1. The van der Waals surface area contributed by atoms with Crippen LogP contribution in [0.3, 0.4) is 0 Å². The van der Waals surface area contributed by atoms with Gasteiger partial charge in [-0.1, -0.05) is 0 Å². The normalized spacial score (nSPS) is 10.1. The zero-order valence-electron chi connectivity index (χ0n) is 16.0. The summed E-state index contributed by atoms with van der Waals surface area (Å²) in [5.41, 5.74) is 2.90. The van der Waals surface area contributed by atoms with Gasteiger partial charge in [-0.25, -0.2) is 0 Å². The Morgan fingerprint density at radius 2 is 1.32 bits per heavy atom. The van der Waals surface area contributed by atoms with Crippen molar-refractivity contribution in [2.75, 3.05) is 32.0 Å². The zero-order valence-corrected chi connectivity index (χ0v) is 16.0. The van der Waals surface area contributed by atoms with Gasteiger partial charge in [0.2, 0.25) is 0 Å². The van der Waals surface area contributed by atoms with Crippen molar-refractivity contribution < 1.29 is 19.0 Å². The number of methoxy groups -OCH3 is 3. The first-order chi connectivity index (χ1) is 13.6. The summed E-state index contributed by atoms with van der Waals surface area (Å²) in [6, 6.07) is 19.9. The maximum absolute atomic E-state index is 12.3. The van der Waals surface area contributed by atoms with Crippen LogP contribution in [0, 0.1) is 0 Å². The van der Waals surface area contributed by atoms with Gasteiger partial charge in [-0.15, -0.1) is 0 Å². The van der Waals surface area contributed by atoms with Crippen molar-refractivity contribution in [1.82, 2.24) is 0 Å². The van der Waals surface area contributed by atoms with Crippen molar-refractivity contribution in [1.29, 1.82) is 0 Å². The predicted octanol–water partition coefficient (Wildman–Crippen LogP) is 4.71. The lowest BCUT2D eigenvalue weighted by atomic mass is 10.2. The molecule has 0 aromatic heterocycles. The summed E-state index contributed by atoms with van der Waals surface area (Å²) >= 11 is 0. The summed E-state index contributed by atoms with van der Waals surface area (Å²) in [7, 11) is 4.82. The van der Waals surface area contributed by atoms with Crippen LogP contribution >= 0.6 is 0 Å². The molecule has 0 radical (unpaired) electrons. The van der Waals surface area contributed by atoms with Crippen LogP contribution in [-0.4, -0.2) is 27.2 Å².